The van der Waals surface area contributed by atoms with E-state index >= 15 is 0 Å². The predicted molar refractivity (Wildman–Crippen MR) is 63.7 cm³/mol. The minimum Gasteiger partial charge on any atom is -0.397 e. The van der Waals surface area contributed by atoms with Gasteiger partial charge in [-0.2, -0.15) is 0 Å². The number of rotatable bonds is 2. The van der Waals surface area contributed by atoms with Gasteiger partial charge in [-0.1, -0.05) is 0 Å². The Morgan fingerprint density at radius 3 is 2.88 bits per heavy atom. The van der Waals surface area contributed by atoms with Gasteiger partial charge in [0.25, 0.3) is 0 Å². The molecule has 0 bridgehead atoms. The monoisotopic (exact) mass is 239 g/mol. The van der Waals surface area contributed by atoms with E-state index in [0.717, 1.165) is 5.56 Å². The van der Waals surface area contributed by atoms with Crippen LogP contribution in [0.15, 0.2) is 23.7 Å². The molecule has 1 aliphatic heterocycles. The van der Waals surface area contributed by atoms with Crippen LogP contribution in [0.4, 0.5) is 11.5 Å². The third-order valence-corrected chi connectivity index (χ3v) is 3.81. The second kappa shape index (κ2) is 3.79. The van der Waals surface area contributed by atoms with Crippen molar-refractivity contribution in [1.29, 1.82) is 0 Å². The van der Waals surface area contributed by atoms with Crippen LogP contribution >= 0.6 is 0 Å². The molecule has 86 valence electrons. The Balaban J connectivity index is 2.11. The summed E-state index contributed by atoms with van der Waals surface area (Å²) >= 11 is 0. The SMILES string of the molecule is Cc1cc(NC2C=CS(=O)(=O)C2)ncc1N. The molecule has 1 aromatic heterocycles. The molecular weight excluding hydrogens is 226 g/mol. The average Bonchev–Trinajstić information content (AvgIpc) is 2.52. The highest BCUT2D eigenvalue weighted by Gasteiger charge is 2.21. The van der Waals surface area contributed by atoms with Gasteiger partial charge in [-0.05, 0) is 24.6 Å². The normalized spacial score (nSPS) is 22.2. The van der Waals surface area contributed by atoms with Crippen LogP contribution in [0.1, 0.15) is 5.56 Å². The number of nitrogens with zero attached hydrogens (tertiary/aromatic N) is 1. The zero-order chi connectivity index (χ0) is 11.8. The lowest BCUT2D eigenvalue weighted by Gasteiger charge is -2.11. The highest BCUT2D eigenvalue weighted by molar-refractivity contribution is 7.94. The fourth-order valence-electron chi connectivity index (χ4n) is 1.50. The first kappa shape index (κ1) is 10.9. The summed E-state index contributed by atoms with van der Waals surface area (Å²) in [6.45, 7) is 1.88. The van der Waals surface area contributed by atoms with E-state index in [2.05, 4.69) is 10.3 Å². The minimum atomic E-state index is -3.03. The molecule has 1 aliphatic rings. The van der Waals surface area contributed by atoms with Crippen molar-refractivity contribution in [3.05, 3.63) is 29.3 Å². The molecule has 2 rings (SSSR count). The number of aromatic nitrogens is 1. The Labute approximate surface area is 94.3 Å². The first-order valence-electron chi connectivity index (χ1n) is 4.86. The molecule has 0 fully saturated rings. The number of anilines is 2. The summed E-state index contributed by atoms with van der Waals surface area (Å²) in [5.41, 5.74) is 7.18. The number of nitrogen functional groups attached to an aromatic ring is 1. The largest absolute Gasteiger partial charge is 0.397 e. The molecule has 1 atom stereocenters. The van der Waals surface area contributed by atoms with Crippen molar-refractivity contribution >= 4 is 21.3 Å². The van der Waals surface area contributed by atoms with E-state index in [1.54, 1.807) is 18.3 Å². The minimum absolute atomic E-state index is 0.0815. The predicted octanol–water partition coefficient (Wildman–Crippen LogP) is 0.695. The molecule has 0 aliphatic carbocycles. The number of hydrogen-bond acceptors (Lipinski definition) is 5. The van der Waals surface area contributed by atoms with Crippen molar-refractivity contribution in [3.8, 4) is 0 Å². The van der Waals surface area contributed by atoms with Gasteiger partial charge in [0.15, 0.2) is 9.84 Å². The lowest BCUT2D eigenvalue weighted by Crippen LogP contribution is -2.21. The number of aryl methyl sites for hydroxylation is 1. The number of nitrogens with one attached hydrogen (secondary N) is 1. The first-order valence-corrected chi connectivity index (χ1v) is 6.57. The Morgan fingerprint density at radius 1 is 1.56 bits per heavy atom. The maximum absolute atomic E-state index is 11.2. The van der Waals surface area contributed by atoms with Crippen LogP contribution in [-0.2, 0) is 9.84 Å². The van der Waals surface area contributed by atoms with Gasteiger partial charge in [0.2, 0.25) is 0 Å². The van der Waals surface area contributed by atoms with E-state index in [-0.39, 0.29) is 11.8 Å². The number of sulfone groups is 1. The maximum atomic E-state index is 11.2. The zero-order valence-corrected chi connectivity index (χ0v) is 9.66. The van der Waals surface area contributed by atoms with Crippen LogP contribution < -0.4 is 11.1 Å². The van der Waals surface area contributed by atoms with Gasteiger partial charge in [0, 0.05) is 5.41 Å². The molecule has 0 radical (unpaired) electrons. The van der Waals surface area contributed by atoms with Crippen molar-refractivity contribution in [3.63, 3.8) is 0 Å². The molecule has 6 heteroatoms. The van der Waals surface area contributed by atoms with Crippen LogP contribution in [0.25, 0.3) is 0 Å². The molecule has 3 N–H and O–H groups in total. The lowest BCUT2D eigenvalue weighted by atomic mass is 10.2. The van der Waals surface area contributed by atoms with E-state index in [1.807, 2.05) is 6.92 Å². The molecule has 0 saturated heterocycles. The van der Waals surface area contributed by atoms with E-state index in [9.17, 15) is 8.42 Å². The summed E-state index contributed by atoms with van der Waals surface area (Å²) in [6.07, 6.45) is 3.19. The topological polar surface area (TPSA) is 85.1 Å². The van der Waals surface area contributed by atoms with Gasteiger partial charge in [0.1, 0.15) is 5.82 Å². The van der Waals surface area contributed by atoms with Crippen molar-refractivity contribution in [2.45, 2.75) is 13.0 Å². The van der Waals surface area contributed by atoms with Gasteiger partial charge < -0.3 is 11.1 Å². The molecule has 0 spiro atoms. The summed E-state index contributed by atoms with van der Waals surface area (Å²) < 4.78 is 22.4. The molecule has 2 heterocycles. The molecule has 1 aromatic rings. The fourth-order valence-corrected chi connectivity index (χ4v) is 2.74. The average molecular weight is 239 g/mol. The Hall–Kier alpha value is -1.56. The van der Waals surface area contributed by atoms with Crippen LogP contribution in [-0.4, -0.2) is 25.2 Å². The molecule has 16 heavy (non-hydrogen) atoms. The second-order valence-corrected chi connectivity index (χ2v) is 5.77. The van der Waals surface area contributed by atoms with Gasteiger partial charge in [-0.3, -0.25) is 0 Å². The summed E-state index contributed by atoms with van der Waals surface area (Å²) in [5.74, 6) is 0.719. The van der Waals surface area contributed by atoms with Crippen LogP contribution in [0, 0.1) is 6.92 Å². The Kier molecular flexibility index (Phi) is 2.59. The van der Waals surface area contributed by atoms with Gasteiger partial charge in [-0.15, -0.1) is 0 Å². The van der Waals surface area contributed by atoms with Crippen LogP contribution in [0.3, 0.4) is 0 Å². The van der Waals surface area contributed by atoms with E-state index in [4.69, 9.17) is 5.73 Å². The number of hydrogen-bond donors (Lipinski definition) is 2. The molecular formula is C10H13N3O2S. The Bertz CT molecular complexity index is 537. The summed E-state index contributed by atoms with van der Waals surface area (Å²) in [7, 11) is -3.03. The lowest BCUT2D eigenvalue weighted by molar-refractivity contribution is 0.605. The van der Waals surface area contributed by atoms with Crippen molar-refractivity contribution in [2.75, 3.05) is 16.8 Å². The molecule has 0 aromatic carbocycles. The quantitative estimate of drug-likeness (QED) is 0.793. The van der Waals surface area contributed by atoms with E-state index in [1.165, 1.54) is 5.41 Å². The summed E-state index contributed by atoms with van der Waals surface area (Å²) in [5, 5.41) is 4.26. The molecule has 0 saturated carbocycles. The Morgan fingerprint density at radius 2 is 2.31 bits per heavy atom. The third kappa shape index (κ3) is 2.33. The number of pyridine rings is 1. The summed E-state index contributed by atoms with van der Waals surface area (Å²) in [6, 6.07) is 1.59. The molecule has 0 amide bonds. The van der Waals surface area contributed by atoms with Gasteiger partial charge >= 0.3 is 0 Å². The van der Waals surface area contributed by atoms with Gasteiger partial charge in [0.05, 0.1) is 23.7 Å². The van der Waals surface area contributed by atoms with Crippen LogP contribution in [0.2, 0.25) is 0 Å². The van der Waals surface area contributed by atoms with Gasteiger partial charge in [-0.25, -0.2) is 13.4 Å². The third-order valence-electron chi connectivity index (χ3n) is 2.41. The van der Waals surface area contributed by atoms with Crippen molar-refractivity contribution in [1.82, 2.24) is 4.98 Å². The van der Waals surface area contributed by atoms with Crippen LogP contribution in [0.5, 0.6) is 0 Å². The molecule has 1 unspecified atom stereocenters. The smallest absolute Gasteiger partial charge is 0.173 e. The first-order chi connectivity index (χ1) is 7.46. The van der Waals surface area contributed by atoms with E-state index < -0.39 is 9.84 Å². The maximum Gasteiger partial charge on any atom is 0.173 e. The number of nitrogens with two attached hydrogens (primary N) is 1. The molecule has 5 nitrogen and oxygen atoms in total. The zero-order valence-electron chi connectivity index (χ0n) is 8.84. The van der Waals surface area contributed by atoms with E-state index in [0.29, 0.717) is 11.5 Å². The fraction of sp³-hybridized carbons (Fsp3) is 0.300. The highest BCUT2D eigenvalue weighted by atomic mass is 32.2. The standard InChI is InChI=1S/C10H13N3O2S/c1-7-4-10(12-5-9(7)11)13-8-2-3-16(14,15)6-8/h2-5,8H,6,11H2,1H3,(H,12,13). The second-order valence-electron chi connectivity index (χ2n) is 3.84. The van der Waals surface area contributed by atoms with Crippen molar-refractivity contribution in [2.24, 2.45) is 0 Å². The highest BCUT2D eigenvalue weighted by Crippen LogP contribution is 2.17. The van der Waals surface area contributed by atoms with Crippen molar-refractivity contribution < 1.29 is 8.42 Å². The summed E-state index contributed by atoms with van der Waals surface area (Å²) in [4.78, 5) is 4.09.